The zero-order chi connectivity index (χ0) is 10.8. The van der Waals surface area contributed by atoms with Gasteiger partial charge in [0.15, 0.2) is 0 Å². The van der Waals surface area contributed by atoms with E-state index in [1.807, 2.05) is 0 Å². The summed E-state index contributed by atoms with van der Waals surface area (Å²) in [5.41, 5.74) is 0.345. The summed E-state index contributed by atoms with van der Waals surface area (Å²) >= 11 is 0. The van der Waals surface area contributed by atoms with E-state index in [4.69, 9.17) is 9.15 Å². The van der Waals surface area contributed by atoms with Crippen LogP contribution in [0.1, 0.15) is 17.5 Å². The molecule has 0 amide bonds. The second-order valence-electron chi connectivity index (χ2n) is 3.01. The number of hydrogen-bond donors (Lipinski definition) is 0. The normalized spacial score (nSPS) is 10.5. The monoisotopic (exact) mass is 208 g/mol. The van der Waals surface area contributed by atoms with E-state index >= 15 is 0 Å². The van der Waals surface area contributed by atoms with Crippen molar-refractivity contribution >= 4 is 16.9 Å². The molecular formula is C11H9FO3. The van der Waals surface area contributed by atoms with Crippen molar-refractivity contribution in [1.29, 1.82) is 0 Å². The number of carbonyl (C=O) groups is 1. The maximum absolute atomic E-state index is 12.8. The molecule has 0 aliphatic heterocycles. The van der Waals surface area contributed by atoms with Crippen LogP contribution in [0.15, 0.2) is 28.7 Å². The van der Waals surface area contributed by atoms with E-state index < -0.39 is 11.8 Å². The molecule has 0 N–H and O–H groups in total. The van der Waals surface area contributed by atoms with E-state index in [1.165, 1.54) is 18.2 Å². The highest BCUT2D eigenvalue weighted by atomic mass is 19.1. The van der Waals surface area contributed by atoms with Crippen LogP contribution in [-0.2, 0) is 4.74 Å². The Bertz CT molecular complexity index is 502. The van der Waals surface area contributed by atoms with E-state index in [2.05, 4.69) is 0 Å². The van der Waals surface area contributed by atoms with Crippen LogP contribution in [0, 0.1) is 5.82 Å². The lowest BCUT2D eigenvalue weighted by molar-refractivity contribution is 0.0492. The number of halogens is 1. The van der Waals surface area contributed by atoms with Gasteiger partial charge in [0.05, 0.1) is 6.61 Å². The first-order chi connectivity index (χ1) is 7.20. The summed E-state index contributed by atoms with van der Waals surface area (Å²) in [5, 5.41) is 0.680. The molecular weight excluding hydrogens is 199 g/mol. The van der Waals surface area contributed by atoms with Crippen molar-refractivity contribution < 1.29 is 18.3 Å². The molecule has 1 heterocycles. The smallest absolute Gasteiger partial charge is 0.374 e. The zero-order valence-electron chi connectivity index (χ0n) is 8.12. The van der Waals surface area contributed by atoms with Crippen molar-refractivity contribution in [3.63, 3.8) is 0 Å². The molecule has 0 fully saturated rings. The molecule has 0 spiro atoms. The highest BCUT2D eigenvalue weighted by Gasteiger charge is 2.13. The van der Waals surface area contributed by atoms with Crippen molar-refractivity contribution in [1.82, 2.24) is 0 Å². The van der Waals surface area contributed by atoms with Crippen LogP contribution in [0.3, 0.4) is 0 Å². The van der Waals surface area contributed by atoms with Gasteiger partial charge in [0.2, 0.25) is 5.76 Å². The number of fused-ring (bicyclic) bond motifs is 1. The average molecular weight is 208 g/mol. The van der Waals surface area contributed by atoms with Gasteiger partial charge in [0, 0.05) is 11.5 Å². The fourth-order valence-electron chi connectivity index (χ4n) is 1.31. The second kappa shape index (κ2) is 3.73. The highest BCUT2D eigenvalue weighted by molar-refractivity contribution is 5.92. The van der Waals surface area contributed by atoms with Crippen LogP contribution in [0.2, 0.25) is 0 Å². The summed E-state index contributed by atoms with van der Waals surface area (Å²) in [7, 11) is 0. The van der Waals surface area contributed by atoms with Crippen molar-refractivity contribution in [2.24, 2.45) is 0 Å². The molecule has 1 aromatic heterocycles. The number of carbonyl (C=O) groups excluding carboxylic acids is 1. The molecule has 0 unspecified atom stereocenters. The highest BCUT2D eigenvalue weighted by Crippen LogP contribution is 2.20. The third-order valence-electron chi connectivity index (χ3n) is 1.96. The van der Waals surface area contributed by atoms with Gasteiger partial charge in [-0.3, -0.25) is 0 Å². The van der Waals surface area contributed by atoms with Crippen molar-refractivity contribution in [3.8, 4) is 0 Å². The van der Waals surface area contributed by atoms with Gasteiger partial charge in [0.1, 0.15) is 11.4 Å². The van der Waals surface area contributed by atoms with Crippen molar-refractivity contribution in [2.75, 3.05) is 6.61 Å². The molecule has 0 bridgehead atoms. The molecule has 0 saturated carbocycles. The Morgan fingerprint density at radius 1 is 1.47 bits per heavy atom. The van der Waals surface area contributed by atoms with Gasteiger partial charge in [-0.15, -0.1) is 0 Å². The van der Waals surface area contributed by atoms with Gasteiger partial charge in [-0.1, -0.05) is 0 Å². The lowest BCUT2D eigenvalue weighted by Gasteiger charge is -1.95. The Hall–Kier alpha value is -1.84. The molecule has 0 aliphatic rings. The van der Waals surface area contributed by atoms with Crippen LogP contribution < -0.4 is 0 Å². The molecule has 0 saturated heterocycles. The van der Waals surface area contributed by atoms with Crippen LogP contribution in [-0.4, -0.2) is 12.6 Å². The number of rotatable bonds is 2. The topological polar surface area (TPSA) is 39.4 Å². The molecule has 0 atom stereocenters. The second-order valence-corrected chi connectivity index (χ2v) is 3.01. The third-order valence-corrected chi connectivity index (χ3v) is 1.96. The lowest BCUT2D eigenvalue weighted by Crippen LogP contribution is -2.02. The van der Waals surface area contributed by atoms with Gasteiger partial charge >= 0.3 is 5.97 Å². The van der Waals surface area contributed by atoms with Gasteiger partial charge in [-0.05, 0) is 25.1 Å². The maximum atomic E-state index is 12.8. The first-order valence-electron chi connectivity index (χ1n) is 4.57. The molecule has 0 radical (unpaired) electrons. The van der Waals surface area contributed by atoms with E-state index in [1.54, 1.807) is 13.0 Å². The van der Waals surface area contributed by atoms with Gasteiger partial charge < -0.3 is 9.15 Å². The molecule has 0 aliphatic carbocycles. The largest absolute Gasteiger partial charge is 0.460 e. The summed E-state index contributed by atoms with van der Waals surface area (Å²) in [6, 6.07) is 5.63. The fourth-order valence-corrected chi connectivity index (χ4v) is 1.31. The third kappa shape index (κ3) is 1.83. The first kappa shape index (κ1) is 9.71. The van der Waals surface area contributed by atoms with E-state index in [9.17, 15) is 9.18 Å². The molecule has 3 nitrogen and oxygen atoms in total. The number of furan rings is 1. The summed E-state index contributed by atoms with van der Waals surface area (Å²) in [6.45, 7) is 1.99. The molecule has 4 heteroatoms. The van der Waals surface area contributed by atoms with Crippen molar-refractivity contribution in [3.05, 3.63) is 35.8 Å². The average Bonchev–Trinajstić information content (AvgIpc) is 2.60. The molecule has 1 aromatic carbocycles. The number of ether oxygens (including phenoxy) is 1. The Labute approximate surface area is 85.4 Å². The summed E-state index contributed by atoms with van der Waals surface area (Å²) in [6.07, 6.45) is 0. The van der Waals surface area contributed by atoms with Crippen LogP contribution in [0.4, 0.5) is 4.39 Å². The molecule has 15 heavy (non-hydrogen) atoms. The fraction of sp³-hybridized carbons (Fsp3) is 0.182. The Morgan fingerprint density at radius 2 is 2.27 bits per heavy atom. The maximum Gasteiger partial charge on any atom is 0.374 e. The minimum atomic E-state index is -0.533. The number of benzene rings is 1. The van der Waals surface area contributed by atoms with E-state index in [0.717, 1.165) is 0 Å². The quantitative estimate of drug-likeness (QED) is 0.712. The minimum Gasteiger partial charge on any atom is -0.460 e. The summed E-state index contributed by atoms with van der Waals surface area (Å²) in [4.78, 5) is 11.3. The molecule has 78 valence electrons. The number of hydrogen-bond acceptors (Lipinski definition) is 3. The van der Waals surface area contributed by atoms with Crippen LogP contribution in [0.5, 0.6) is 0 Å². The summed E-state index contributed by atoms with van der Waals surface area (Å²) < 4.78 is 22.7. The molecule has 2 aromatic rings. The van der Waals surface area contributed by atoms with Gasteiger partial charge in [-0.2, -0.15) is 0 Å². The van der Waals surface area contributed by atoms with Crippen LogP contribution >= 0.6 is 0 Å². The van der Waals surface area contributed by atoms with Crippen molar-refractivity contribution in [2.45, 2.75) is 6.92 Å². The zero-order valence-corrected chi connectivity index (χ0v) is 8.12. The van der Waals surface area contributed by atoms with Gasteiger partial charge in [0.25, 0.3) is 0 Å². The Kier molecular flexibility index (Phi) is 2.41. The van der Waals surface area contributed by atoms with E-state index in [0.29, 0.717) is 11.0 Å². The predicted molar refractivity (Wildman–Crippen MR) is 52.1 cm³/mol. The predicted octanol–water partition coefficient (Wildman–Crippen LogP) is 2.75. The standard InChI is InChI=1S/C11H9FO3/c1-2-14-11(13)10-5-7-3-4-8(12)6-9(7)15-10/h3-6H,2H2,1H3. The number of esters is 1. The summed E-state index contributed by atoms with van der Waals surface area (Å²) in [5.74, 6) is -0.834. The Morgan fingerprint density at radius 3 is 3.00 bits per heavy atom. The molecule has 2 rings (SSSR count). The SMILES string of the molecule is CCOC(=O)c1cc2ccc(F)cc2o1. The Balaban J connectivity index is 2.42. The lowest BCUT2D eigenvalue weighted by atomic mass is 10.2. The van der Waals surface area contributed by atoms with Crippen LogP contribution in [0.25, 0.3) is 11.0 Å². The van der Waals surface area contributed by atoms with E-state index in [-0.39, 0.29) is 12.4 Å². The van der Waals surface area contributed by atoms with Gasteiger partial charge in [-0.25, -0.2) is 9.18 Å². The minimum absolute atomic E-state index is 0.0949. The first-order valence-corrected chi connectivity index (χ1v) is 4.57.